The van der Waals surface area contributed by atoms with E-state index >= 15 is 0 Å². The summed E-state index contributed by atoms with van der Waals surface area (Å²) in [6, 6.07) is 6.47. The summed E-state index contributed by atoms with van der Waals surface area (Å²) in [5, 5.41) is 11.4. The molecule has 1 aromatic carbocycles. The van der Waals surface area contributed by atoms with Crippen molar-refractivity contribution < 1.29 is 14.7 Å². The van der Waals surface area contributed by atoms with Crippen LogP contribution in [0, 0.1) is 0 Å². The van der Waals surface area contributed by atoms with Gasteiger partial charge in [0.05, 0.1) is 5.56 Å². The zero-order valence-electron chi connectivity index (χ0n) is 8.93. The van der Waals surface area contributed by atoms with Crippen LogP contribution >= 0.6 is 0 Å². The van der Waals surface area contributed by atoms with Gasteiger partial charge in [-0.15, -0.1) is 0 Å². The SMILES string of the molecule is C/C=C/C(=O)NCc1cccc(C(=O)O)c1. The fraction of sp³-hybridized carbons (Fsp3) is 0.167. The molecule has 4 nitrogen and oxygen atoms in total. The molecule has 0 heterocycles. The van der Waals surface area contributed by atoms with Gasteiger partial charge in [0.25, 0.3) is 0 Å². The Morgan fingerprint density at radius 2 is 2.19 bits per heavy atom. The van der Waals surface area contributed by atoms with Crippen LogP contribution in [0.2, 0.25) is 0 Å². The second-order valence-corrected chi connectivity index (χ2v) is 3.22. The number of nitrogens with one attached hydrogen (secondary N) is 1. The van der Waals surface area contributed by atoms with Crippen molar-refractivity contribution in [2.75, 3.05) is 0 Å². The molecule has 0 spiro atoms. The number of carbonyl (C=O) groups is 2. The predicted octanol–water partition coefficient (Wildman–Crippen LogP) is 1.58. The van der Waals surface area contributed by atoms with Crippen molar-refractivity contribution in [3.8, 4) is 0 Å². The van der Waals surface area contributed by atoms with Gasteiger partial charge in [0.1, 0.15) is 0 Å². The minimum atomic E-state index is -0.971. The van der Waals surface area contributed by atoms with E-state index in [1.807, 2.05) is 0 Å². The van der Waals surface area contributed by atoms with Crippen LogP contribution in [0.1, 0.15) is 22.8 Å². The van der Waals surface area contributed by atoms with Gasteiger partial charge in [-0.2, -0.15) is 0 Å². The van der Waals surface area contributed by atoms with Crippen LogP contribution in [0.25, 0.3) is 0 Å². The molecule has 0 unspecified atom stereocenters. The summed E-state index contributed by atoms with van der Waals surface area (Å²) in [6.45, 7) is 2.08. The third-order valence-electron chi connectivity index (χ3n) is 1.96. The molecule has 0 bridgehead atoms. The molecule has 0 aromatic heterocycles. The van der Waals surface area contributed by atoms with Crippen LogP contribution in [0.4, 0.5) is 0 Å². The number of rotatable bonds is 4. The second-order valence-electron chi connectivity index (χ2n) is 3.22. The van der Waals surface area contributed by atoms with Gasteiger partial charge in [-0.3, -0.25) is 4.79 Å². The molecule has 0 aliphatic rings. The predicted molar refractivity (Wildman–Crippen MR) is 60.1 cm³/mol. The lowest BCUT2D eigenvalue weighted by Gasteiger charge is -2.03. The highest BCUT2D eigenvalue weighted by Crippen LogP contribution is 2.04. The van der Waals surface area contributed by atoms with Crippen molar-refractivity contribution in [2.45, 2.75) is 13.5 Å². The summed E-state index contributed by atoms with van der Waals surface area (Å²) in [4.78, 5) is 21.8. The largest absolute Gasteiger partial charge is 0.478 e. The average molecular weight is 219 g/mol. The van der Waals surface area contributed by atoms with Gasteiger partial charge in [0, 0.05) is 6.54 Å². The van der Waals surface area contributed by atoms with Gasteiger partial charge in [-0.05, 0) is 30.7 Å². The zero-order chi connectivity index (χ0) is 12.0. The van der Waals surface area contributed by atoms with Crippen LogP contribution in [0.5, 0.6) is 0 Å². The molecule has 16 heavy (non-hydrogen) atoms. The highest BCUT2D eigenvalue weighted by atomic mass is 16.4. The Hall–Kier alpha value is -2.10. The quantitative estimate of drug-likeness (QED) is 0.755. The molecule has 0 aliphatic heterocycles. The van der Waals surface area contributed by atoms with Crippen molar-refractivity contribution in [1.29, 1.82) is 0 Å². The number of amides is 1. The fourth-order valence-corrected chi connectivity index (χ4v) is 1.21. The van der Waals surface area contributed by atoms with Crippen molar-refractivity contribution in [3.05, 3.63) is 47.5 Å². The first-order valence-corrected chi connectivity index (χ1v) is 4.86. The Labute approximate surface area is 93.6 Å². The molecular formula is C12H13NO3. The minimum absolute atomic E-state index is 0.191. The van der Waals surface area contributed by atoms with Gasteiger partial charge in [-0.1, -0.05) is 18.2 Å². The summed E-state index contributed by atoms with van der Waals surface area (Å²) < 4.78 is 0. The van der Waals surface area contributed by atoms with E-state index in [9.17, 15) is 9.59 Å². The first-order chi connectivity index (χ1) is 7.63. The van der Waals surface area contributed by atoms with Crippen LogP contribution in [-0.4, -0.2) is 17.0 Å². The summed E-state index contributed by atoms with van der Waals surface area (Å²) in [5.41, 5.74) is 0.982. The number of aromatic carboxylic acids is 1. The maximum atomic E-state index is 11.1. The van der Waals surface area contributed by atoms with Gasteiger partial charge >= 0.3 is 5.97 Å². The molecule has 0 atom stereocenters. The Balaban J connectivity index is 2.64. The molecule has 4 heteroatoms. The summed E-state index contributed by atoms with van der Waals surface area (Å²) >= 11 is 0. The smallest absolute Gasteiger partial charge is 0.335 e. The molecule has 84 valence electrons. The van der Waals surface area contributed by atoms with E-state index in [-0.39, 0.29) is 11.5 Å². The maximum absolute atomic E-state index is 11.1. The summed E-state index contributed by atoms with van der Waals surface area (Å²) in [6.07, 6.45) is 3.06. The van der Waals surface area contributed by atoms with E-state index in [1.54, 1.807) is 25.1 Å². The Bertz CT molecular complexity index is 424. The number of benzene rings is 1. The minimum Gasteiger partial charge on any atom is -0.478 e. The van der Waals surface area contributed by atoms with E-state index < -0.39 is 5.97 Å². The molecular weight excluding hydrogens is 206 g/mol. The van der Waals surface area contributed by atoms with E-state index in [2.05, 4.69) is 5.32 Å². The highest BCUT2D eigenvalue weighted by Gasteiger charge is 2.03. The number of carbonyl (C=O) groups excluding carboxylic acids is 1. The third kappa shape index (κ3) is 3.57. The van der Waals surface area contributed by atoms with Gasteiger partial charge in [0.2, 0.25) is 5.91 Å². The van der Waals surface area contributed by atoms with E-state index in [1.165, 1.54) is 18.2 Å². The lowest BCUT2D eigenvalue weighted by molar-refractivity contribution is -0.116. The van der Waals surface area contributed by atoms with E-state index in [0.29, 0.717) is 6.54 Å². The fourth-order valence-electron chi connectivity index (χ4n) is 1.21. The molecule has 0 saturated carbocycles. The van der Waals surface area contributed by atoms with Crippen LogP contribution in [0.3, 0.4) is 0 Å². The summed E-state index contributed by atoms with van der Waals surface area (Å²) in [7, 11) is 0. The molecule has 2 N–H and O–H groups in total. The Morgan fingerprint density at radius 3 is 2.81 bits per heavy atom. The third-order valence-corrected chi connectivity index (χ3v) is 1.96. The van der Waals surface area contributed by atoms with Crippen molar-refractivity contribution in [3.63, 3.8) is 0 Å². The van der Waals surface area contributed by atoms with Gasteiger partial charge < -0.3 is 10.4 Å². The lowest BCUT2D eigenvalue weighted by Crippen LogP contribution is -2.20. The first kappa shape index (κ1) is 12.0. The molecule has 0 aliphatic carbocycles. The topological polar surface area (TPSA) is 66.4 Å². The van der Waals surface area contributed by atoms with Crippen molar-refractivity contribution in [1.82, 2.24) is 5.32 Å². The molecule has 1 aromatic rings. The monoisotopic (exact) mass is 219 g/mol. The van der Waals surface area contributed by atoms with Crippen LogP contribution in [0.15, 0.2) is 36.4 Å². The normalized spacial score (nSPS) is 10.3. The average Bonchev–Trinajstić information content (AvgIpc) is 2.27. The molecule has 1 amide bonds. The number of carboxylic acids is 1. The van der Waals surface area contributed by atoms with Gasteiger partial charge in [-0.25, -0.2) is 4.79 Å². The molecule has 0 saturated heterocycles. The van der Waals surface area contributed by atoms with Crippen molar-refractivity contribution >= 4 is 11.9 Å². The second kappa shape index (κ2) is 5.70. The van der Waals surface area contributed by atoms with E-state index in [4.69, 9.17) is 5.11 Å². The van der Waals surface area contributed by atoms with Crippen LogP contribution < -0.4 is 5.32 Å². The standard InChI is InChI=1S/C12H13NO3/c1-2-4-11(14)13-8-9-5-3-6-10(7-9)12(15)16/h2-7H,8H2,1H3,(H,13,14)(H,15,16)/b4-2+. The molecule has 0 radical (unpaired) electrons. The first-order valence-electron chi connectivity index (χ1n) is 4.86. The zero-order valence-corrected chi connectivity index (χ0v) is 8.93. The number of carboxylic acid groups (broad SMARTS) is 1. The highest BCUT2D eigenvalue weighted by molar-refractivity contribution is 5.88. The van der Waals surface area contributed by atoms with Crippen LogP contribution in [-0.2, 0) is 11.3 Å². The Morgan fingerprint density at radius 1 is 1.44 bits per heavy atom. The van der Waals surface area contributed by atoms with E-state index in [0.717, 1.165) is 5.56 Å². The Kier molecular flexibility index (Phi) is 4.27. The van der Waals surface area contributed by atoms with Gasteiger partial charge in [0.15, 0.2) is 0 Å². The van der Waals surface area contributed by atoms with Crippen molar-refractivity contribution in [2.24, 2.45) is 0 Å². The molecule has 1 rings (SSSR count). The lowest BCUT2D eigenvalue weighted by atomic mass is 10.1. The number of hydrogen-bond donors (Lipinski definition) is 2. The number of hydrogen-bond acceptors (Lipinski definition) is 2. The maximum Gasteiger partial charge on any atom is 0.335 e. The number of allylic oxidation sites excluding steroid dienone is 1. The molecule has 0 fully saturated rings. The summed E-state index contributed by atoms with van der Waals surface area (Å²) in [5.74, 6) is -1.16.